The van der Waals surface area contributed by atoms with E-state index in [0.29, 0.717) is 31.0 Å². The molecule has 0 amide bonds. The fraction of sp³-hybridized carbons (Fsp3) is 0.348. The van der Waals surface area contributed by atoms with Crippen LogP contribution in [0.3, 0.4) is 0 Å². The number of aromatic nitrogens is 1. The fourth-order valence-corrected chi connectivity index (χ4v) is 6.83. The largest absolute Gasteiger partial charge is 0.348 e. The van der Waals surface area contributed by atoms with Crippen LogP contribution in [0.2, 0.25) is 10.0 Å². The highest BCUT2D eigenvalue weighted by molar-refractivity contribution is 7.92. The molecule has 0 spiro atoms. The standard InChI is InChI=1S/C23H24Cl2N2O2S2/c1-2-16-3-5-17(6-4-16)13-18-15-30-23(26-18)27-11-9-19(10-12-27)31(28,29)20-7-8-21(24)22(25)14-20/h3-8,14-15,19H,2,9-13H2,1H3. The Hall–Kier alpha value is -1.60. The van der Waals surface area contributed by atoms with Crippen LogP contribution in [0.15, 0.2) is 52.7 Å². The van der Waals surface area contributed by atoms with E-state index in [1.165, 1.54) is 23.3 Å². The predicted molar refractivity (Wildman–Crippen MR) is 130 cm³/mol. The molecule has 2 heterocycles. The third-order valence-electron chi connectivity index (χ3n) is 5.73. The van der Waals surface area contributed by atoms with Gasteiger partial charge in [0, 0.05) is 24.9 Å². The second kappa shape index (κ2) is 9.49. The molecule has 1 aliphatic rings. The van der Waals surface area contributed by atoms with Crippen LogP contribution in [0.5, 0.6) is 0 Å². The molecule has 1 aliphatic heterocycles. The van der Waals surface area contributed by atoms with Crippen molar-refractivity contribution in [1.82, 2.24) is 4.98 Å². The Balaban J connectivity index is 1.39. The lowest BCUT2D eigenvalue weighted by Gasteiger charge is -2.31. The van der Waals surface area contributed by atoms with Crippen LogP contribution in [0.4, 0.5) is 5.13 Å². The van der Waals surface area contributed by atoms with E-state index in [1.807, 2.05) is 0 Å². The zero-order valence-corrected chi connectivity index (χ0v) is 20.4. The van der Waals surface area contributed by atoms with Gasteiger partial charge in [-0.25, -0.2) is 13.4 Å². The first-order chi connectivity index (χ1) is 14.9. The van der Waals surface area contributed by atoms with Crippen LogP contribution in [0.25, 0.3) is 0 Å². The van der Waals surface area contributed by atoms with Gasteiger partial charge in [0.15, 0.2) is 15.0 Å². The summed E-state index contributed by atoms with van der Waals surface area (Å²) >= 11 is 13.6. The number of piperidine rings is 1. The van der Waals surface area contributed by atoms with Crippen molar-refractivity contribution in [2.75, 3.05) is 18.0 Å². The Morgan fingerprint density at radius 1 is 1.03 bits per heavy atom. The van der Waals surface area contributed by atoms with Crippen molar-refractivity contribution in [2.24, 2.45) is 0 Å². The Morgan fingerprint density at radius 2 is 1.71 bits per heavy atom. The molecule has 0 unspecified atom stereocenters. The highest BCUT2D eigenvalue weighted by atomic mass is 35.5. The van der Waals surface area contributed by atoms with Gasteiger partial charge >= 0.3 is 0 Å². The van der Waals surface area contributed by atoms with Gasteiger partial charge in [0.1, 0.15) is 0 Å². The summed E-state index contributed by atoms with van der Waals surface area (Å²) in [5.74, 6) is 0. The Labute approximate surface area is 197 Å². The lowest BCUT2D eigenvalue weighted by Crippen LogP contribution is -2.39. The van der Waals surface area contributed by atoms with Gasteiger partial charge in [-0.15, -0.1) is 11.3 Å². The summed E-state index contributed by atoms with van der Waals surface area (Å²) < 4.78 is 26.0. The Kier molecular flexibility index (Phi) is 6.92. The summed E-state index contributed by atoms with van der Waals surface area (Å²) in [7, 11) is -3.43. The number of nitrogens with zero attached hydrogens (tertiary/aromatic N) is 2. The maximum atomic E-state index is 13.0. The molecule has 4 rings (SSSR count). The molecule has 0 aliphatic carbocycles. The molecule has 2 aromatic carbocycles. The molecule has 164 valence electrons. The SMILES string of the molecule is CCc1ccc(Cc2csc(N3CCC(S(=O)(=O)c4ccc(Cl)c(Cl)c4)CC3)n2)cc1. The summed E-state index contributed by atoms with van der Waals surface area (Å²) in [4.78, 5) is 7.23. The minimum atomic E-state index is -3.43. The van der Waals surface area contributed by atoms with Crippen molar-refractivity contribution in [3.05, 3.63) is 74.7 Å². The van der Waals surface area contributed by atoms with Gasteiger partial charge in [-0.2, -0.15) is 0 Å². The summed E-state index contributed by atoms with van der Waals surface area (Å²) in [5.41, 5.74) is 3.64. The number of rotatable bonds is 6. The molecule has 0 N–H and O–H groups in total. The summed E-state index contributed by atoms with van der Waals surface area (Å²) in [6.07, 6.45) is 2.98. The van der Waals surface area contributed by atoms with Gasteiger partial charge in [0.05, 0.1) is 25.9 Å². The predicted octanol–water partition coefficient (Wildman–Crippen LogP) is 6.05. The van der Waals surface area contributed by atoms with Gasteiger partial charge in [0.2, 0.25) is 0 Å². The Bertz CT molecular complexity index is 1150. The normalized spacial score (nSPS) is 15.4. The van der Waals surface area contributed by atoms with Gasteiger partial charge in [-0.3, -0.25) is 0 Å². The third-order valence-corrected chi connectivity index (χ3v) is 9.68. The lowest BCUT2D eigenvalue weighted by atomic mass is 10.1. The highest BCUT2D eigenvalue weighted by Gasteiger charge is 2.32. The van der Waals surface area contributed by atoms with Crippen molar-refractivity contribution in [3.63, 3.8) is 0 Å². The highest BCUT2D eigenvalue weighted by Crippen LogP contribution is 2.32. The number of anilines is 1. The second-order valence-corrected chi connectivity index (χ2v) is 11.7. The first-order valence-electron chi connectivity index (χ1n) is 10.3. The van der Waals surface area contributed by atoms with E-state index < -0.39 is 15.1 Å². The lowest BCUT2D eigenvalue weighted by molar-refractivity contribution is 0.529. The van der Waals surface area contributed by atoms with Crippen molar-refractivity contribution in [2.45, 2.75) is 42.8 Å². The zero-order valence-electron chi connectivity index (χ0n) is 17.2. The van der Waals surface area contributed by atoms with E-state index in [4.69, 9.17) is 28.2 Å². The molecular weight excluding hydrogens is 471 g/mol. The molecule has 1 fully saturated rings. The van der Waals surface area contributed by atoms with E-state index in [-0.39, 0.29) is 9.92 Å². The van der Waals surface area contributed by atoms with Gasteiger partial charge in [-0.1, -0.05) is 54.4 Å². The van der Waals surface area contributed by atoms with Crippen LogP contribution in [0.1, 0.15) is 36.6 Å². The molecular formula is C23H24Cl2N2O2S2. The summed E-state index contributed by atoms with van der Waals surface area (Å²) in [5, 5.41) is 3.26. The third kappa shape index (κ3) is 5.08. The zero-order chi connectivity index (χ0) is 22.0. The quantitative estimate of drug-likeness (QED) is 0.418. The minimum absolute atomic E-state index is 0.242. The molecule has 0 radical (unpaired) electrons. The molecule has 31 heavy (non-hydrogen) atoms. The maximum Gasteiger partial charge on any atom is 0.185 e. The van der Waals surface area contributed by atoms with Crippen molar-refractivity contribution in [3.8, 4) is 0 Å². The van der Waals surface area contributed by atoms with Crippen LogP contribution in [-0.2, 0) is 22.7 Å². The monoisotopic (exact) mass is 494 g/mol. The molecule has 0 atom stereocenters. The van der Waals surface area contributed by atoms with Crippen LogP contribution < -0.4 is 4.90 Å². The Morgan fingerprint density at radius 3 is 2.35 bits per heavy atom. The van der Waals surface area contributed by atoms with Gasteiger partial charge in [0.25, 0.3) is 0 Å². The number of halogens is 2. The summed E-state index contributed by atoms with van der Waals surface area (Å²) in [6.45, 7) is 3.49. The molecule has 4 nitrogen and oxygen atoms in total. The van der Waals surface area contributed by atoms with E-state index in [0.717, 1.165) is 23.7 Å². The number of aryl methyl sites for hydroxylation is 1. The van der Waals surface area contributed by atoms with Crippen LogP contribution in [0, 0.1) is 0 Å². The van der Waals surface area contributed by atoms with E-state index >= 15 is 0 Å². The summed E-state index contributed by atoms with van der Waals surface area (Å²) in [6, 6.07) is 13.2. The van der Waals surface area contributed by atoms with Gasteiger partial charge in [-0.05, 0) is 48.6 Å². The smallest absolute Gasteiger partial charge is 0.185 e. The average molecular weight is 495 g/mol. The molecule has 1 aromatic heterocycles. The first-order valence-corrected chi connectivity index (χ1v) is 13.5. The topological polar surface area (TPSA) is 50.3 Å². The molecule has 0 bridgehead atoms. The van der Waals surface area contributed by atoms with E-state index in [1.54, 1.807) is 17.4 Å². The molecule has 3 aromatic rings. The van der Waals surface area contributed by atoms with E-state index in [9.17, 15) is 8.42 Å². The van der Waals surface area contributed by atoms with Crippen molar-refractivity contribution in [1.29, 1.82) is 0 Å². The van der Waals surface area contributed by atoms with Crippen LogP contribution >= 0.6 is 34.5 Å². The van der Waals surface area contributed by atoms with Crippen molar-refractivity contribution >= 4 is 49.5 Å². The first kappa shape index (κ1) is 22.6. The van der Waals surface area contributed by atoms with Crippen LogP contribution in [-0.4, -0.2) is 31.7 Å². The minimum Gasteiger partial charge on any atom is -0.348 e. The second-order valence-electron chi connectivity index (χ2n) is 7.78. The molecule has 0 saturated carbocycles. The maximum absolute atomic E-state index is 13.0. The number of thiazole rings is 1. The molecule has 1 saturated heterocycles. The van der Waals surface area contributed by atoms with Crippen molar-refractivity contribution < 1.29 is 8.42 Å². The van der Waals surface area contributed by atoms with E-state index in [2.05, 4.69) is 41.5 Å². The fourth-order valence-electron chi connectivity index (χ4n) is 3.83. The van der Waals surface area contributed by atoms with Gasteiger partial charge < -0.3 is 4.90 Å². The average Bonchev–Trinajstić information content (AvgIpc) is 3.24. The number of benzene rings is 2. The number of hydrogen-bond donors (Lipinski definition) is 0. The number of hydrogen-bond acceptors (Lipinski definition) is 5. The number of sulfone groups is 1. The molecule has 8 heteroatoms.